The van der Waals surface area contributed by atoms with Gasteiger partial charge in [-0.1, -0.05) is 23.7 Å². The molecular weight excluding hydrogens is 430 g/mol. The molecule has 7 heteroatoms. The van der Waals surface area contributed by atoms with E-state index in [-0.39, 0.29) is 24.0 Å². The number of hydrogen-bond donors (Lipinski definition) is 1. The Labute approximate surface area is 192 Å². The molecule has 0 spiro atoms. The Balaban J connectivity index is 2.47. The average Bonchev–Trinajstić information content (AvgIpc) is 3.03. The zero-order valence-corrected chi connectivity index (χ0v) is 19.7. The Kier molecular flexibility index (Phi) is 6.84. The van der Waals surface area contributed by atoms with Crippen LogP contribution in [-0.4, -0.2) is 34.8 Å². The van der Waals surface area contributed by atoms with Crippen molar-refractivity contribution < 1.29 is 24.2 Å². The van der Waals surface area contributed by atoms with E-state index in [9.17, 15) is 14.7 Å². The van der Waals surface area contributed by atoms with Crippen molar-refractivity contribution in [2.75, 3.05) is 13.2 Å². The summed E-state index contributed by atoms with van der Waals surface area (Å²) >= 11 is 6.23. The van der Waals surface area contributed by atoms with Crippen LogP contribution in [0.4, 0.5) is 0 Å². The van der Waals surface area contributed by atoms with E-state index in [4.69, 9.17) is 21.1 Å². The molecule has 1 unspecified atom stereocenters. The van der Waals surface area contributed by atoms with E-state index in [1.807, 2.05) is 30.5 Å². The average molecular weight is 458 g/mol. The molecule has 0 aliphatic carbocycles. The molecule has 2 aromatic carbocycles. The molecule has 6 nitrogen and oxygen atoms in total. The summed E-state index contributed by atoms with van der Waals surface area (Å²) in [5, 5.41) is 11.1. The lowest BCUT2D eigenvalue weighted by molar-refractivity contribution is -0.147. The third-order valence-electron chi connectivity index (χ3n) is 5.83. The van der Waals surface area contributed by atoms with Crippen LogP contribution < -0.4 is 0 Å². The zero-order valence-electron chi connectivity index (χ0n) is 19.0. The number of fused-ring (bicyclic) bond motifs is 1. The minimum absolute atomic E-state index is 0.0666. The van der Waals surface area contributed by atoms with Gasteiger partial charge in [-0.15, -0.1) is 0 Å². The van der Waals surface area contributed by atoms with Crippen LogP contribution in [0.25, 0.3) is 10.9 Å². The van der Waals surface area contributed by atoms with Crippen molar-refractivity contribution in [2.24, 2.45) is 0 Å². The van der Waals surface area contributed by atoms with Crippen molar-refractivity contribution in [3.05, 3.63) is 63.8 Å². The first kappa shape index (κ1) is 23.7. The highest BCUT2D eigenvalue weighted by atomic mass is 35.5. The molecule has 1 heterocycles. The van der Waals surface area contributed by atoms with Crippen LogP contribution in [-0.2, 0) is 26.2 Å². The molecule has 1 N–H and O–H groups in total. The van der Waals surface area contributed by atoms with Gasteiger partial charge in [0.15, 0.2) is 0 Å². The summed E-state index contributed by atoms with van der Waals surface area (Å²) in [6.07, 6.45) is 0. The smallest absolute Gasteiger partial charge is 0.340 e. The molecule has 1 atom stereocenters. The normalized spacial score (nSPS) is 13.1. The summed E-state index contributed by atoms with van der Waals surface area (Å²) in [6, 6.07) is 10.1. The van der Waals surface area contributed by atoms with Gasteiger partial charge in [0.2, 0.25) is 0 Å². The van der Waals surface area contributed by atoms with Gasteiger partial charge in [-0.25, -0.2) is 4.79 Å². The Hall–Kier alpha value is -2.99. The lowest BCUT2D eigenvalue weighted by atomic mass is 9.74. The number of benzene rings is 2. The number of nitrogens with zero attached hydrogens (tertiary/aromatic N) is 1. The number of phenolic OH excluding ortho intramolecular Hbond substituents is 1. The van der Waals surface area contributed by atoms with Gasteiger partial charge in [0.25, 0.3) is 0 Å². The maximum absolute atomic E-state index is 13.4. The van der Waals surface area contributed by atoms with Crippen molar-refractivity contribution in [3.63, 3.8) is 0 Å². The molecule has 0 fully saturated rings. The second-order valence-electron chi connectivity index (χ2n) is 7.67. The first-order valence-electron chi connectivity index (χ1n) is 10.7. The number of halogens is 1. The van der Waals surface area contributed by atoms with Gasteiger partial charge in [0.05, 0.1) is 18.8 Å². The van der Waals surface area contributed by atoms with E-state index in [0.717, 1.165) is 11.2 Å². The van der Waals surface area contributed by atoms with E-state index in [0.29, 0.717) is 28.6 Å². The van der Waals surface area contributed by atoms with Crippen LogP contribution in [0.5, 0.6) is 5.75 Å². The molecule has 170 valence electrons. The van der Waals surface area contributed by atoms with E-state index in [2.05, 4.69) is 0 Å². The third-order valence-corrected chi connectivity index (χ3v) is 6.05. The minimum atomic E-state index is -1.34. The van der Waals surface area contributed by atoms with Crippen molar-refractivity contribution in [1.82, 2.24) is 4.57 Å². The number of ether oxygens (including phenoxy) is 2. The molecule has 0 amide bonds. The Morgan fingerprint density at radius 1 is 1.09 bits per heavy atom. The van der Waals surface area contributed by atoms with Crippen molar-refractivity contribution >= 4 is 34.4 Å². The van der Waals surface area contributed by atoms with E-state index >= 15 is 0 Å². The monoisotopic (exact) mass is 457 g/mol. The van der Waals surface area contributed by atoms with E-state index in [1.165, 1.54) is 12.1 Å². The molecular formula is C25H28ClNO5. The Bertz CT molecular complexity index is 1160. The van der Waals surface area contributed by atoms with E-state index < -0.39 is 17.4 Å². The minimum Gasteiger partial charge on any atom is -0.508 e. The van der Waals surface area contributed by atoms with Gasteiger partial charge < -0.3 is 19.1 Å². The van der Waals surface area contributed by atoms with Gasteiger partial charge in [-0.2, -0.15) is 0 Å². The Morgan fingerprint density at radius 2 is 1.78 bits per heavy atom. The molecule has 0 saturated carbocycles. The molecule has 3 rings (SSSR count). The number of aromatic nitrogens is 1. The standard InChI is InChI=1S/C25H28ClNO5/c1-6-27-15(4)21(23(29)31-7-2)22-19(10-9-11-20(22)27)25(5,24(30)32-8-3)16-12-17(26)14-18(28)13-16/h9-14,28H,6-8H2,1-5H3. The highest BCUT2D eigenvalue weighted by molar-refractivity contribution is 6.30. The number of carbonyl (C=O) groups excluding carboxylic acids is 2. The fraction of sp³-hybridized carbons (Fsp3) is 0.360. The summed E-state index contributed by atoms with van der Waals surface area (Å²) in [7, 11) is 0. The van der Waals surface area contributed by atoms with Crippen LogP contribution in [0.2, 0.25) is 5.02 Å². The molecule has 32 heavy (non-hydrogen) atoms. The van der Waals surface area contributed by atoms with Crippen molar-refractivity contribution in [1.29, 1.82) is 0 Å². The van der Waals surface area contributed by atoms with Gasteiger partial charge >= 0.3 is 11.9 Å². The largest absolute Gasteiger partial charge is 0.508 e. The summed E-state index contributed by atoms with van der Waals surface area (Å²) in [5.74, 6) is -1.02. The van der Waals surface area contributed by atoms with Crippen LogP contribution in [0.15, 0.2) is 36.4 Å². The first-order valence-corrected chi connectivity index (χ1v) is 11.0. The number of carbonyl (C=O) groups is 2. The third kappa shape index (κ3) is 3.84. The second-order valence-corrected chi connectivity index (χ2v) is 8.10. The highest BCUT2D eigenvalue weighted by Gasteiger charge is 2.42. The topological polar surface area (TPSA) is 77.8 Å². The quantitative estimate of drug-likeness (QED) is 0.482. The summed E-state index contributed by atoms with van der Waals surface area (Å²) in [6.45, 7) is 10.1. The van der Waals surface area contributed by atoms with Gasteiger partial charge in [-0.3, -0.25) is 4.79 Å². The summed E-state index contributed by atoms with van der Waals surface area (Å²) in [4.78, 5) is 26.4. The van der Waals surface area contributed by atoms with Gasteiger partial charge in [0.1, 0.15) is 11.2 Å². The number of aromatic hydroxyl groups is 1. The number of rotatable bonds is 7. The predicted octanol–water partition coefficient (Wildman–Crippen LogP) is 5.37. The Morgan fingerprint density at radius 3 is 2.38 bits per heavy atom. The van der Waals surface area contributed by atoms with E-state index in [1.54, 1.807) is 32.9 Å². The summed E-state index contributed by atoms with van der Waals surface area (Å²) in [5.41, 5.74) is 1.69. The predicted molar refractivity (Wildman–Crippen MR) is 125 cm³/mol. The lowest BCUT2D eigenvalue weighted by Crippen LogP contribution is -2.36. The molecule has 0 radical (unpaired) electrons. The second kappa shape index (κ2) is 9.25. The van der Waals surface area contributed by atoms with Gasteiger partial charge in [0, 0.05) is 28.2 Å². The maximum Gasteiger partial charge on any atom is 0.340 e. The molecule has 0 aliphatic rings. The number of aryl methyl sites for hydroxylation is 1. The first-order chi connectivity index (χ1) is 15.2. The summed E-state index contributed by atoms with van der Waals surface area (Å²) < 4.78 is 12.9. The maximum atomic E-state index is 13.4. The molecule has 3 aromatic rings. The highest BCUT2D eigenvalue weighted by Crippen LogP contribution is 2.42. The van der Waals surface area contributed by atoms with Crippen LogP contribution in [0.1, 0.15) is 54.9 Å². The molecule has 0 bridgehead atoms. The molecule has 0 aliphatic heterocycles. The molecule has 0 saturated heterocycles. The van der Waals surface area contributed by atoms with Crippen LogP contribution in [0, 0.1) is 6.92 Å². The fourth-order valence-electron chi connectivity index (χ4n) is 4.32. The van der Waals surface area contributed by atoms with Crippen LogP contribution >= 0.6 is 11.6 Å². The van der Waals surface area contributed by atoms with Crippen molar-refractivity contribution in [3.8, 4) is 5.75 Å². The number of esters is 2. The van der Waals surface area contributed by atoms with Gasteiger partial charge in [-0.05, 0) is 70.0 Å². The zero-order chi connectivity index (χ0) is 23.6. The lowest BCUT2D eigenvalue weighted by Gasteiger charge is -2.30. The SMILES string of the molecule is CCOC(=O)c1c(C)n(CC)c2cccc(C(C)(C(=O)OCC)c3cc(O)cc(Cl)c3)c12. The van der Waals surface area contributed by atoms with Crippen LogP contribution in [0.3, 0.4) is 0 Å². The molecule has 1 aromatic heterocycles. The number of hydrogen-bond acceptors (Lipinski definition) is 5. The fourth-order valence-corrected chi connectivity index (χ4v) is 4.55. The number of phenols is 1. The van der Waals surface area contributed by atoms with Crippen molar-refractivity contribution in [2.45, 2.75) is 46.6 Å².